The number of hydrogen-bond donors (Lipinski definition) is 0. The molecule has 0 aliphatic heterocycles. The lowest BCUT2D eigenvalue weighted by molar-refractivity contribution is 0.257. The highest BCUT2D eigenvalue weighted by molar-refractivity contribution is 5.84. The van der Waals surface area contributed by atoms with E-state index in [4.69, 9.17) is 15.0 Å². The highest BCUT2D eigenvalue weighted by atomic mass is 15.2. The molecule has 3 heterocycles. The van der Waals surface area contributed by atoms with Gasteiger partial charge in [0.1, 0.15) is 5.82 Å². The van der Waals surface area contributed by atoms with Crippen molar-refractivity contribution in [1.82, 2.24) is 19.9 Å². The molecule has 0 saturated carbocycles. The van der Waals surface area contributed by atoms with Gasteiger partial charge in [0.2, 0.25) is 0 Å². The summed E-state index contributed by atoms with van der Waals surface area (Å²) >= 11 is 0. The minimum atomic E-state index is 0.748. The second-order valence-corrected chi connectivity index (χ2v) is 9.57. The Hall–Kier alpha value is -4.35. The maximum atomic E-state index is 4.77. The van der Waals surface area contributed by atoms with Crippen LogP contribution in [-0.2, 0) is 13.1 Å². The van der Waals surface area contributed by atoms with Crippen molar-refractivity contribution in [1.29, 1.82) is 0 Å². The summed E-state index contributed by atoms with van der Waals surface area (Å²) in [6, 6.07) is 31.7. The first kappa shape index (κ1) is 23.1. The third kappa shape index (κ3) is 5.27. The second-order valence-electron chi connectivity index (χ2n) is 9.57. The van der Waals surface area contributed by atoms with E-state index < -0.39 is 0 Å². The van der Waals surface area contributed by atoms with Gasteiger partial charge in [-0.3, -0.25) is 14.9 Å². The molecule has 0 N–H and O–H groups in total. The van der Waals surface area contributed by atoms with Gasteiger partial charge < -0.3 is 4.90 Å². The number of rotatable bonds is 8. The maximum absolute atomic E-state index is 4.77. The molecule has 6 rings (SSSR count). The van der Waals surface area contributed by atoms with Crippen LogP contribution in [0.3, 0.4) is 0 Å². The zero-order valence-electron chi connectivity index (χ0n) is 21.0. The van der Waals surface area contributed by atoms with Gasteiger partial charge in [-0.25, -0.2) is 4.98 Å². The van der Waals surface area contributed by atoms with Crippen molar-refractivity contribution < 1.29 is 0 Å². The molecule has 0 aliphatic carbocycles. The number of nitrogens with zero attached hydrogens (tertiary/aromatic N) is 5. The van der Waals surface area contributed by atoms with Crippen molar-refractivity contribution in [3.63, 3.8) is 0 Å². The van der Waals surface area contributed by atoms with Crippen LogP contribution in [0.5, 0.6) is 0 Å². The molecule has 182 valence electrons. The number of fused-ring (bicyclic) bond motifs is 3. The second kappa shape index (κ2) is 10.3. The van der Waals surface area contributed by atoms with Crippen molar-refractivity contribution >= 4 is 38.1 Å². The van der Waals surface area contributed by atoms with Gasteiger partial charge in [-0.05, 0) is 34.4 Å². The third-order valence-corrected chi connectivity index (χ3v) is 6.91. The van der Waals surface area contributed by atoms with Gasteiger partial charge in [0.05, 0.1) is 11.4 Å². The van der Waals surface area contributed by atoms with Gasteiger partial charge in [0.15, 0.2) is 0 Å². The summed E-state index contributed by atoms with van der Waals surface area (Å²) in [6.45, 7) is 3.19. The van der Waals surface area contributed by atoms with E-state index >= 15 is 0 Å². The van der Waals surface area contributed by atoms with Crippen molar-refractivity contribution in [3.8, 4) is 0 Å². The van der Waals surface area contributed by atoms with E-state index in [9.17, 15) is 0 Å². The molecular formula is C32H29N5. The van der Waals surface area contributed by atoms with E-state index in [2.05, 4.69) is 102 Å². The Balaban J connectivity index is 1.23. The zero-order valence-corrected chi connectivity index (χ0v) is 21.0. The van der Waals surface area contributed by atoms with Crippen LogP contribution < -0.4 is 4.90 Å². The van der Waals surface area contributed by atoms with Crippen molar-refractivity contribution in [3.05, 3.63) is 121 Å². The van der Waals surface area contributed by atoms with Crippen LogP contribution in [0.4, 0.5) is 5.82 Å². The Morgan fingerprint density at radius 3 is 1.46 bits per heavy atom. The molecule has 0 aliphatic rings. The SMILES string of the molecule is CN(CCN(Cc1cc2ccccc2cn1)Cc1cc2ccccc2cn1)c1cc2ccccc2cn1. The van der Waals surface area contributed by atoms with Gasteiger partial charge >= 0.3 is 0 Å². The molecule has 0 saturated heterocycles. The molecular weight excluding hydrogens is 454 g/mol. The van der Waals surface area contributed by atoms with Crippen LogP contribution in [0.1, 0.15) is 11.4 Å². The summed E-state index contributed by atoms with van der Waals surface area (Å²) in [5, 5.41) is 7.12. The smallest absolute Gasteiger partial charge is 0.128 e. The van der Waals surface area contributed by atoms with Crippen LogP contribution in [0.15, 0.2) is 110 Å². The van der Waals surface area contributed by atoms with Crippen LogP contribution in [0.25, 0.3) is 32.3 Å². The number of benzene rings is 3. The molecule has 0 spiro atoms. The van der Waals surface area contributed by atoms with E-state index in [-0.39, 0.29) is 0 Å². The minimum absolute atomic E-state index is 0.748. The molecule has 0 radical (unpaired) electrons. The summed E-state index contributed by atoms with van der Waals surface area (Å²) < 4.78 is 0. The van der Waals surface area contributed by atoms with Crippen molar-refractivity contribution in [2.45, 2.75) is 13.1 Å². The van der Waals surface area contributed by atoms with Crippen molar-refractivity contribution in [2.75, 3.05) is 25.0 Å². The topological polar surface area (TPSA) is 45.2 Å². The quantitative estimate of drug-likeness (QED) is 0.248. The Morgan fingerprint density at radius 1 is 0.514 bits per heavy atom. The lowest BCUT2D eigenvalue weighted by atomic mass is 10.1. The van der Waals surface area contributed by atoms with Crippen molar-refractivity contribution in [2.24, 2.45) is 0 Å². The number of aromatic nitrogens is 3. The fraction of sp³-hybridized carbons (Fsp3) is 0.156. The number of anilines is 1. The minimum Gasteiger partial charge on any atom is -0.358 e. The largest absolute Gasteiger partial charge is 0.358 e. The maximum Gasteiger partial charge on any atom is 0.128 e. The summed E-state index contributed by atoms with van der Waals surface area (Å²) in [4.78, 5) is 18.9. The monoisotopic (exact) mass is 483 g/mol. The fourth-order valence-corrected chi connectivity index (χ4v) is 4.79. The molecule has 0 unspecified atom stereocenters. The molecule has 0 atom stereocenters. The average Bonchev–Trinajstić information content (AvgIpc) is 2.95. The average molecular weight is 484 g/mol. The van der Waals surface area contributed by atoms with Crippen LogP contribution in [-0.4, -0.2) is 40.0 Å². The summed E-state index contributed by atoms with van der Waals surface area (Å²) in [5.74, 6) is 0.978. The first-order chi connectivity index (χ1) is 18.2. The predicted molar refractivity (Wildman–Crippen MR) is 153 cm³/mol. The molecule has 6 aromatic rings. The molecule has 3 aromatic heterocycles. The van der Waals surface area contributed by atoms with Gasteiger partial charge in [0.25, 0.3) is 0 Å². The Morgan fingerprint density at radius 2 is 0.946 bits per heavy atom. The Labute approximate surface area is 217 Å². The van der Waals surface area contributed by atoms with Gasteiger partial charge in [-0.2, -0.15) is 0 Å². The zero-order chi connectivity index (χ0) is 25.0. The summed E-state index contributed by atoms with van der Waals surface area (Å²) in [5.41, 5.74) is 2.12. The molecule has 5 heteroatoms. The number of pyridine rings is 3. The summed E-state index contributed by atoms with van der Waals surface area (Å²) in [7, 11) is 2.11. The van der Waals surface area contributed by atoms with E-state index in [0.717, 1.165) is 59.5 Å². The predicted octanol–water partition coefficient (Wildman–Crippen LogP) is 6.47. The fourth-order valence-electron chi connectivity index (χ4n) is 4.79. The normalized spacial score (nSPS) is 11.5. The highest BCUT2D eigenvalue weighted by Gasteiger charge is 2.13. The standard InChI is InChI=1S/C32H29N5/c1-36(32-18-26-10-4-7-13-29(26)21-35-32)14-15-37(22-30-16-24-8-2-5-11-27(24)19-33-30)23-31-17-25-9-3-6-12-28(25)20-34-31/h2-13,16-21H,14-15,22-23H2,1H3. The lowest BCUT2D eigenvalue weighted by Crippen LogP contribution is -2.33. The number of likely N-dealkylation sites (N-methyl/N-ethyl adjacent to an activating group) is 1. The molecule has 0 bridgehead atoms. The molecule has 0 amide bonds. The molecule has 3 aromatic carbocycles. The lowest BCUT2D eigenvalue weighted by Gasteiger charge is -2.26. The molecule has 0 fully saturated rings. The first-order valence-electron chi connectivity index (χ1n) is 12.7. The van der Waals surface area contributed by atoms with Gasteiger partial charge in [-0.1, -0.05) is 72.8 Å². The summed E-state index contributed by atoms with van der Waals surface area (Å²) in [6.07, 6.45) is 5.90. The van der Waals surface area contributed by atoms with Crippen LogP contribution in [0, 0.1) is 0 Å². The number of hydrogen-bond acceptors (Lipinski definition) is 5. The van der Waals surface area contributed by atoms with E-state index in [1.165, 1.54) is 16.2 Å². The Kier molecular flexibility index (Phi) is 6.44. The Bertz CT molecular complexity index is 1600. The third-order valence-electron chi connectivity index (χ3n) is 6.91. The van der Waals surface area contributed by atoms with Gasteiger partial charge in [0, 0.05) is 68.0 Å². The molecule has 37 heavy (non-hydrogen) atoms. The van der Waals surface area contributed by atoms with E-state index in [0.29, 0.717) is 0 Å². The highest BCUT2D eigenvalue weighted by Crippen LogP contribution is 2.20. The molecule has 5 nitrogen and oxygen atoms in total. The van der Waals surface area contributed by atoms with Gasteiger partial charge in [-0.15, -0.1) is 0 Å². The van der Waals surface area contributed by atoms with Crippen LogP contribution >= 0.6 is 0 Å². The first-order valence-corrected chi connectivity index (χ1v) is 12.7. The van der Waals surface area contributed by atoms with Crippen LogP contribution in [0.2, 0.25) is 0 Å². The van der Waals surface area contributed by atoms with E-state index in [1.807, 2.05) is 24.7 Å². The van der Waals surface area contributed by atoms with E-state index in [1.54, 1.807) is 0 Å².